The van der Waals surface area contributed by atoms with Gasteiger partial charge in [0.1, 0.15) is 23.0 Å². The Morgan fingerprint density at radius 3 is 2.18 bits per heavy atom. The number of hydrogen-bond donors (Lipinski definition) is 2. The molecule has 1 aliphatic rings. The van der Waals surface area contributed by atoms with E-state index in [1.807, 2.05) is 0 Å². The fourth-order valence-corrected chi connectivity index (χ4v) is 4.43. The van der Waals surface area contributed by atoms with Crippen LogP contribution in [0.2, 0.25) is 0 Å². The third-order valence-electron chi connectivity index (χ3n) is 6.31. The SMILES string of the molecule is CCOc1cc(C2/C(=C(\O)c3cc(OC)ccc3OC)C(=O)C(=O)N2Cc2ccc(OC)cc2)ccc1O. The van der Waals surface area contributed by atoms with Gasteiger partial charge in [-0.2, -0.15) is 0 Å². The van der Waals surface area contributed by atoms with Crippen LogP contribution in [0.4, 0.5) is 0 Å². The predicted octanol–water partition coefficient (Wildman–Crippen LogP) is 4.44. The van der Waals surface area contributed by atoms with Crippen LogP contribution in [0, 0.1) is 0 Å². The maximum absolute atomic E-state index is 13.5. The first-order valence-corrected chi connectivity index (χ1v) is 11.9. The zero-order chi connectivity index (χ0) is 27.4. The topological polar surface area (TPSA) is 115 Å². The molecule has 3 aromatic carbocycles. The normalized spacial score (nSPS) is 16.4. The number of hydrogen-bond acceptors (Lipinski definition) is 8. The third kappa shape index (κ3) is 4.95. The number of ketones is 1. The quantitative estimate of drug-likeness (QED) is 0.242. The van der Waals surface area contributed by atoms with E-state index in [1.165, 1.54) is 31.3 Å². The van der Waals surface area contributed by atoms with E-state index in [1.54, 1.807) is 62.6 Å². The van der Waals surface area contributed by atoms with Crippen molar-refractivity contribution in [3.05, 3.63) is 82.9 Å². The Morgan fingerprint density at radius 1 is 0.868 bits per heavy atom. The molecule has 2 N–H and O–H groups in total. The lowest BCUT2D eigenvalue weighted by atomic mass is 9.94. The Kier molecular flexibility index (Phi) is 7.76. The number of rotatable bonds is 9. The van der Waals surface area contributed by atoms with Crippen molar-refractivity contribution < 1.29 is 38.7 Å². The summed E-state index contributed by atoms with van der Waals surface area (Å²) in [5.41, 5.74) is 1.30. The van der Waals surface area contributed by atoms with Crippen molar-refractivity contribution in [3.63, 3.8) is 0 Å². The van der Waals surface area contributed by atoms with Gasteiger partial charge in [-0.15, -0.1) is 0 Å². The molecule has 1 unspecified atom stereocenters. The number of aliphatic hydroxyl groups excluding tert-OH is 1. The van der Waals surface area contributed by atoms with Gasteiger partial charge in [-0.3, -0.25) is 9.59 Å². The number of phenols is 1. The smallest absolute Gasteiger partial charge is 0.295 e. The number of methoxy groups -OCH3 is 3. The number of nitrogens with zero attached hydrogens (tertiary/aromatic N) is 1. The summed E-state index contributed by atoms with van der Waals surface area (Å²) in [6.45, 7) is 2.15. The largest absolute Gasteiger partial charge is 0.507 e. The monoisotopic (exact) mass is 519 g/mol. The van der Waals surface area contributed by atoms with Crippen LogP contribution in [0.25, 0.3) is 5.76 Å². The van der Waals surface area contributed by atoms with Crippen LogP contribution in [0.5, 0.6) is 28.7 Å². The molecule has 0 spiro atoms. The van der Waals surface area contributed by atoms with Crippen molar-refractivity contribution in [2.75, 3.05) is 27.9 Å². The molecule has 0 saturated carbocycles. The van der Waals surface area contributed by atoms with E-state index in [0.29, 0.717) is 29.4 Å². The maximum Gasteiger partial charge on any atom is 0.295 e. The number of aromatic hydroxyl groups is 1. The van der Waals surface area contributed by atoms with E-state index < -0.39 is 23.5 Å². The second-order valence-electron chi connectivity index (χ2n) is 8.50. The van der Waals surface area contributed by atoms with Crippen molar-refractivity contribution in [1.29, 1.82) is 0 Å². The molecule has 1 heterocycles. The van der Waals surface area contributed by atoms with Gasteiger partial charge in [0.15, 0.2) is 11.5 Å². The Balaban J connectivity index is 1.91. The molecule has 3 aromatic rings. The molecular weight excluding hydrogens is 490 g/mol. The molecule has 4 rings (SSSR count). The number of amides is 1. The van der Waals surface area contributed by atoms with Gasteiger partial charge in [-0.05, 0) is 60.5 Å². The zero-order valence-electron chi connectivity index (χ0n) is 21.6. The predicted molar refractivity (Wildman–Crippen MR) is 140 cm³/mol. The molecule has 9 heteroatoms. The molecule has 1 saturated heterocycles. The van der Waals surface area contributed by atoms with Crippen LogP contribution >= 0.6 is 0 Å². The maximum atomic E-state index is 13.5. The number of Topliss-reactive ketones (excluding diaryl/α,β-unsaturated/α-hetero) is 1. The minimum Gasteiger partial charge on any atom is -0.507 e. The van der Waals surface area contributed by atoms with Crippen LogP contribution in [0.15, 0.2) is 66.2 Å². The second kappa shape index (κ2) is 11.2. The number of likely N-dealkylation sites (tertiary alicyclic amines) is 1. The fraction of sp³-hybridized carbons (Fsp3) is 0.241. The van der Waals surface area contributed by atoms with Crippen molar-refractivity contribution in [3.8, 4) is 28.7 Å². The van der Waals surface area contributed by atoms with Crippen molar-refractivity contribution in [2.45, 2.75) is 19.5 Å². The van der Waals surface area contributed by atoms with E-state index in [9.17, 15) is 19.8 Å². The summed E-state index contributed by atoms with van der Waals surface area (Å²) >= 11 is 0. The summed E-state index contributed by atoms with van der Waals surface area (Å²) < 4.78 is 21.5. The van der Waals surface area contributed by atoms with Crippen LogP contribution in [-0.4, -0.2) is 54.7 Å². The molecule has 1 amide bonds. The lowest BCUT2D eigenvalue weighted by Crippen LogP contribution is -2.29. The highest BCUT2D eigenvalue weighted by atomic mass is 16.5. The molecule has 1 aliphatic heterocycles. The number of phenolic OH excluding ortho intramolecular Hbond substituents is 1. The Labute approximate surface area is 220 Å². The fourth-order valence-electron chi connectivity index (χ4n) is 4.43. The van der Waals surface area contributed by atoms with Crippen LogP contribution < -0.4 is 18.9 Å². The third-order valence-corrected chi connectivity index (χ3v) is 6.31. The molecule has 0 radical (unpaired) electrons. The summed E-state index contributed by atoms with van der Waals surface area (Å²) in [7, 11) is 4.47. The molecule has 0 aliphatic carbocycles. The van der Waals surface area contributed by atoms with E-state index in [-0.39, 0.29) is 29.2 Å². The summed E-state index contributed by atoms with van der Waals surface area (Å²) in [4.78, 5) is 28.2. The number of benzene rings is 3. The van der Waals surface area contributed by atoms with Gasteiger partial charge in [0.25, 0.3) is 11.7 Å². The van der Waals surface area contributed by atoms with Crippen molar-refractivity contribution in [2.24, 2.45) is 0 Å². The van der Waals surface area contributed by atoms with E-state index in [4.69, 9.17) is 18.9 Å². The van der Waals surface area contributed by atoms with Gasteiger partial charge in [-0.1, -0.05) is 18.2 Å². The minimum absolute atomic E-state index is 0.0795. The lowest BCUT2D eigenvalue weighted by molar-refractivity contribution is -0.140. The Bertz CT molecular complexity index is 1380. The molecule has 9 nitrogen and oxygen atoms in total. The van der Waals surface area contributed by atoms with Gasteiger partial charge in [0.2, 0.25) is 0 Å². The van der Waals surface area contributed by atoms with Gasteiger partial charge in [0, 0.05) is 6.54 Å². The highest BCUT2D eigenvalue weighted by Crippen LogP contribution is 2.44. The summed E-state index contributed by atoms with van der Waals surface area (Å²) in [6.07, 6.45) is 0. The van der Waals surface area contributed by atoms with Gasteiger partial charge < -0.3 is 34.1 Å². The van der Waals surface area contributed by atoms with Gasteiger partial charge in [0.05, 0.1) is 45.1 Å². The molecule has 198 valence electrons. The average molecular weight is 520 g/mol. The first kappa shape index (κ1) is 26.4. The lowest BCUT2D eigenvalue weighted by Gasteiger charge is -2.26. The van der Waals surface area contributed by atoms with Crippen LogP contribution in [0.3, 0.4) is 0 Å². The Hall–Kier alpha value is -4.66. The van der Waals surface area contributed by atoms with Gasteiger partial charge in [-0.25, -0.2) is 0 Å². The molecule has 0 bridgehead atoms. The first-order valence-electron chi connectivity index (χ1n) is 11.9. The molecular formula is C29H29NO8. The Morgan fingerprint density at radius 2 is 1.55 bits per heavy atom. The number of ether oxygens (including phenoxy) is 4. The summed E-state index contributed by atoms with van der Waals surface area (Å²) in [5.74, 6) is -0.554. The number of carbonyl (C=O) groups excluding carboxylic acids is 2. The number of aliphatic hydroxyl groups is 1. The molecule has 1 fully saturated rings. The standard InChI is InChI=1S/C29H29NO8/c1-5-38-24-14-18(8-12-22(24)31)26-25(27(32)21-15-20(36-3)11-13-23(21)37-4)28(33)29(34)30(26)16-17-6-9-19(35-2)10-7-17/h6-15,26,31-32H,5,16H2,1-4H3/b27-25+. The van der Waals surface area contributed by atoms with E-state index in [0.717, 1.165) is 5.56 Å². The van der Waals surface area contributed by atoms with Crippen molar-refractivity contribution in [1.82, 2.24) is 4.90 Å². The zero-order valence-corrected chi connectivity index (χ0v) is 21.6. The van der Waals surface area contributed by atoms with E-state index >= 15 is 0 Å². The molecule has 38 heavy (non-hydrogen) atoms. The minimum atomic E-state index is -0.979. The average Bonchev–Trinajstić information content (AvgIpc) is 3.18. The highest BCUT2D eigenvalue weighted by Gasteiger charge is 2.46. The number of carbonyl (C=O) groups is 2. The second-order valence-corrected chi connectivity index (χ2v) is 8.50. The van der Waals surface area contributed by atoms with Crippen LogP contribution in [0.1, 0.15) is 29.7 Å². The first-order chi connectivity index (χ1) is 18.3. The molecule has 1 atom stereocenters. The van der Waals surface area contributed by atoms with Crippen molar-refractivity contribution >= 4 is 17.4 Å². The summed E-state index contributed by atoms with van der Waals surface area (Å²) in [6, 6.07) is 15.5. The van der Waals surface area contributed by atoms with Gasteiger partial charge >= 0.3 is 0 Å². The van der Waals surface area contributed by atoms with E-state index in [2.05, 4.69) is 0 Å². The highest BCUT2D eigenvalue weighted by molar-refractivity contribution is 6.46. The molecule has 0 aromatic heterocycles. The van der Waals surface area contributed by atoms with Crippen LogP contribution in [-0.2, 0) is 16.1 Å². The summed E-state index contributed by atoms with van der Waals surface area (Å²) in [5, 5.41) is 21.8.